The van der Waals surface area contributed by atoms with Crippen molar-refractivity contribution in [2.45, 2.75) is 13.0 Å². The van der Waals surface area contributed by atoms with Gasteiger partial charge in [0.2, 0.25) is 0 Å². The van der Waals surface area contributed by atoms with E-state index in [0.29, 0.717) is 6.04 Å². The van der Waals surface area contributed by atoms with E-state index in [1.807, 2.05) is 0 Å². The molecule has 76 valence electrons. The van der Waals surface area contributed by atoms with Gasteiger partial charge in [0.15, 0.2) is 0 Å². The van der Waals surface area contributed by atoms with E-state index in [2.05, 4.69) is 35.8 Å². The maximum absolute atomic E-state index is 5.12. The van der Waals surface area contributed by atoms with E-state index >= 15 is 0 Å². The molecule has 0 bridgehead atoms. The maximum Gasteiger partial charge on any atom is 0.0681 e. The second-order valence-corrected chi connectivity index (χ2v) is 3.67. The number of rotatable bonds is 2. The molecule has 0 fully saturated rings. The summed E-state index contributed by atoms with van der Waals surface area (Å²) in [7, 11) is 1.73. The second-order valence-electron chi connectivity index (χ2n) is 3.67. The fraction of sp³-hybridized carbons (Fsp3) is 0.455. The van der Waals surface area contributed by atoms with Gasteiger partial charge in [0.25, 0.3) is 0 Å². The molecule has 1 aliphatic rings. The van der Waals surface area contributed by atoms with Gasteiger partial charge >= 0.3 is 0 Å². The Morgan fingerprint density at radius 1 is 1.50 bits per heavy atom. The van der Waals surface area contributed by atoms with Gasteiger partial charge in [-0.25, -0.2) is 0 Å². The summed E-state index contributed by atoms with van der Waals surface area (Å²) < 4.78 is 5.12. The molecule has 1 unspecified atom stereocenters. The van der Waals surface area contributed by atoms with Crippen molar-refractivity contribution in [1.82, 2.24) is 0 Å². The molecule has 3 heteroatoms. The van der Waals surface area contributed by atoms with E-state index in [-0.39, 0.29) is 0 Å². The summed E-state index contributed by atoms with van der Waals surface area (Å²) in [5, 5.41) is 6.87. The Balaban J connectivity index is 2.18. The van der Waals surface area contributed by atoms with E-state index in [1.165, 1.54) is 16.9 Å². The van der Waals surface area contributed by atoms with Gasteiger partial charge in [-0.1, -0.05) is 12.1 Å². The molecule has 0 saturated heterocycles. The Bertz CT molecular complexity index is 325. The average molecular weight is 192 g/mol. The summed E-state index contributed by atoms with van der Waals surface area (Å²) in [6.07, 6.45) is 0. The Morgan fingerprint density at radius 2 is 2.36 bits per heavy atom. The van der Waals surface area contributed by atoms with Gasteiger partial charge in [-0.05, 0) is 18.6 Å². The Kier molecular flexibility index (Phi) is 2.59. The van der Waals surface area contributed by atoms with Crippen LogP contribution in [0.5, 0.6) is 0 Å². The summed E-state index contributed by atoms with van der Waals surface area (Å²) in [5.41, 5.74) is 3.68. The Labute approximate surface area is 84.5 Å². The summed E-state index contributed by atoms with van der Waals surface area (Å²) >= 11 is 0. The molecule has 1 heterocycles. The number of methoxy groups -OCH3 is 1. The van der Waals surface area contributed by atoms with E-state index in [4.69, 9.17) is 4.74 Å². The quantitative estimate of drug-likeness (QED) is 0.750. The molecule has 0 aliphatic carbocycles. The predicted octanol–water partition coefficient (Wildman–Crippen LogP) is 1.85. The minimum atomic E-state index is 0.370. The van der Waals surface area contributed by atoms with Crippen molar-refractivity contribution in [1.29, 1.82) is 0 Å². The highest BCUT2D eigenvalue weighted by Gasteiger charge is 2.17. The van der Waals surface area contributed by atoms with Crippen LogP contribution in [0.25, 0.3) is 0 Å². The van der Waals surface area contributed by atoms with Crippen molar-refractivity contribution in [2.75, 3.05) is 30.9 Å². The van der Waals surface area contributed by atoms with Gasteiger partial charge < -0.3 is 15.4 Å². The molecular weight excluding hydrogens is 176 g/mol. The number of anilines is 2. The number of fused-ring (bicyclic) bond motifs is 1. The molecule has 0 aromatic heterocycles. The third-order valence-electron chi connectivity index (χ3n) is 2.53. The standard InChI is InChI=1S/C11H16N2O/c1-8-4-3-5-10-11(8)12-6-9(13-10)7-14-2/h3-5,9,12-13H,6-7H2,1-2H3. The van der Waals surface area contributed by atoms with Crippen LogP contribution in [0.4, 0.5) is 11.4 Å². The molecule has 1 aliphatic heterocycles. The summed E-state index contributed by atoms with van der Waals surface area (Å²) in [4.78, 5) is 0. The molecule has 0 spiro atoms. The summed E-state index contributed by atoms with van der Waals surface area (Å²) in [6.45, 7) is 3.77. The van der Waals surface area contributed by atoms with Crippen LogP contribution < -0.4 is 10.6 Å². The van der Waals surface area contributed by atoms with E-state index < -0.39 is 0 Å². The van der Waals surface area contributed by atoms with Crippen molar-refractivity contribution in [2.24, 2.45) is 0 Å². The predicted molar refractivity (Wildman–Crippen MR) is 59.0 cm³/mol. The Morgan fingerprint density at radius 3 is 3.14 bits per heavy atom. The highest BCUT2D eigenvalue weighted by Crippen LogP contribution is 2.28. The average Bonchev–Trinajstić information content (AvgIpc) is 2.18. The van der Waals surface area contributed by atoms with Crippen molar-refractivity contribution in [3.8, 4) is 0 Å². The molecule has 0 saturated carbocycles. The molecular formula is C11H16N2O. The number of para-hydroxylation sites is 1. The first-order valence-corrected chi connectivity index (χ1v) is 4.90. The zero-order valence-corrected chi connectivity index (χ0v) is 8.63. The number of benzene rings is 1. The van der Waals surface area contributed by atoms with Crippen molar-refractivity contribution in [3.05, 3.63) is 23.8 Å². The minimum Gasteiger partial charge on any atom is -0.382 e. The lowest BCUT2D eigenvalue weighted by atomic mass is 10.1. The van der Waals surface area contributed by atoms with Gasteiger partial charge in [-0.15, -0.1) is 0 Å². The molecule has 0 radical (unpaired) electrons. The van der Waals surface area contributed by atoms with Crippen LogP contribution >= 0.6 is 0 Å². The lowest BCUT2D eigenvalue weighted by molar-refractivity contribution is 0.188. The number of nitrogens with one attached hydrogen (secondary N) is 2. The van der Waals surface area contributed by atoms with Gasteiger partial charge in [-0.3, -0.25) is 0 Å². The Hall–Kier alpha value is -1.22. The van der Waals surface area contributed by atoms with Gasteiger partial charge in [0.1, 0.15) is 0 Å². The fourth-order valence-corrected chi connectivity index (χ4v) is 1.82. The van der Waals surface area contributed by atoms with E-state index in [9.17, 15) is 0 Å². The SMILES string of the molecule is COCC1CNc2c(C)cccc2N1. The highest BCUT2D eigenvalue weighted by molar-refractivity contribution is 5.74. The van der Waals surface area contributed by atoms with Crippen molar-refractivity contribution < 1.29 is 4.74 Å². The molecule has 1 aromatic carbocycles. The molecule has 14 heavy (non-hydrogen) atoms. The summed E-state index contributed by atoms with van der Waals surface area (Å²) in [6, 6.07) is 6.65. The zero-order chi connectivity index (χ0) is 9.97. The summed E-state index contributed by atoms with van der Waals surface area (Å²) in [5.74, 6) is 0. The molecule has 3 nitrogen and oxygen atoms in total. The van der Waals surface area contributed by atoms with Crippen molar-refractivity contribution in [3.63, 3.8) is 0 Å². The topological polar surface area (TPSA) is 33.3 Å². The largest absolute Gasteiger partial charge is 0.382 e. The number of ether oxygens (including phenoxy) is 1. The van der Waals surface area contributed by atoms with Crippen molar-refractivity contribution >= 4 is 11.4 Å². The second kappa shape index (κ2) is 3.88. The van der Waals surface area contributed by atoms with Crippen LogP contribution in [0.15, 0.2) is 18.2 Å². The molecule has 2 N–H and O–H groups in total. The van der Waals surface area contributed by atoms with Crippen LogP contribution in [0.3, 0.4) is 0 Å². The maximum atomic E-state index is 5.12. The van der Waals surface area contributed by atoms with Crippen LogP contribution in [-0.4, -0.2) is 26.3 Å². The van der Waals surface area contributed by atoms with E-state index in [1.54, 1.807) is 7.11 Å². The number of hydrogen-bond donors (Lipinski definition) is 2. The third kappa shape index (κ3) is 1.68. The monoisotopic (exact) mass is 192 g/mol. The van der Waals surface area contributed by atoms with Gasteiger partial charge in [0.05, 0.1) is 24.0 Å². The first kappa shape index (κ1) is 9.34. The normalized spacial score (nSPS) is 19.4. The highest BCUT2D eigenvalue weighted by atomic mass is 16.5. The smallest absolute Gasteiger partial charge is 0.0681 e. The van der Waals surface area contributed by atoms with Crippen LogP contribution in [0.2, 0.25) is 0 Å². The first-order chi connectivity index (χ1) is 6.81. The lowest BCUT2D eigenvalue weighted by Crippen LogP contribution is -2.36. The number of aryl methyl sites for hydroxylation is 1. The molecule has 0 amide bonds. The van der Waals surface area contributed by atoms with Crippen LogP contribution in [-0.2, 0) is 4.74 Å². The van der Waals surface area contributed by atoms with Gasteiger partial charge in [-0.2, -0.15) is 0 Å². The zero-order valence-electron chi connectivity index (χ0n) is 8.63. The molecule has 2 rings (SSSR count). The first-order valence-electron chi connectivity index (χ1n) is 4.90. The van der Waals surface area contributed by atoms with Gasteiger partial charge in [0, 0.05) is 13.7 Å². The third-order valence-corrected chi connectivity index (χ3v) is 2.53. The fourth-order valence-electron chi connectivity index (χ4n) is 1.82. The van der Waals surface area contributed by atoms with Crippen LogP contribution in [0, 0.1) is 6.92 Å². The lowest BCUT2D eigenvalue weighted by Gasteiger charge is -2.28. The molecule has 1 aromatic rings. The minimum absolute atomic E-state index is 0.370. The van der Waals surface area contributed by atoms with E-state index in [0.717, 1.165) is 13.2 Å². The van der Waals surface area contributed by atoms with Crippen LogP contribution in [0.1, 0.15) is 5.56 Å². The molecule has 1 atom stereocenters. The number of hydrogen-bond acceptors (Lipinski definition) is 3.